The minimum Gasteiger partial charge on any atom is -0.383 e. The summed E-state index contributed by atoms with van der Waals surface area (Å²) in [6.07, 6.45) is 6.87. The number of aromatic nitrogens is 1. The van der Waals surface area contributed by atoms with Gasteiger partial charge in [0.15, 0.2) is 0 Å². The number of nitrogens with one attached hydrogen (secondary N) is 1. The summed E-state index contributed by atoms with van der Waals surface area (Å²) < 4.78 is 0. The zero-order valence-electron chi connectivity index (χ0n) is 11.7. The molecule has 0 aliphatic heterocycles. The molecule has 0 bridgehead atoms. The molecule has 1 heterocycles. The van der Waals surface area contributed by atoms with E-state index >= 15 is 0 Å². The maximum atomic E-state index is 7.65. The maximum Gasteiger partial charge on any atom is 0.135 e. The van der Waals surface area contributed by atoms with E-state index < -0.39 is 0 Å². The van der Waals surface area contributed by atoms with Crippen LogP contribution < -0.4 is 5.73 Å². The molecule has 0 aromatic carbocycles. The van der Waals surface area contributed by atoms with Crippen LogP contribution in [0.2, 0.25) is 0 Å². The molecule has 19 heavy (non-hydrogen) atoms. The lowest BCUT2D eigenvalue weighted by Crippen LogP contribution is -2.12. The zero-order chi connectivity index (χ0) is 13.8. The number of amidine groups is 1. The lowest BCUT2D eigenvalue weighted by molar-refractivity contribution is 0.516. The van der Waals surface area contributed by atoms with E-state index in [2.05, 4.69) is 13.8 Å². The number of rotatable bonds is 5. The lowest BCUT2D eigenvalue weighted by Gasteiger charge is -2.20. The molecular weight excluding hydrogens is 274 g/mol. The molecular formula is C14H23N3S2. The highest BCUT2D eigenvalue weighted by Gasteiger charge is 2.18. The van der Waals surface area contributed by atoms with Gasteiger partial charge in [0.1, 0.15) is 10.8 Å². The molecule has 0 spiro atoms. The van der Waals surface area contributed by atoms with Crippen molar-refractivity contribution in [3.05, 3.63) is 15.6 Å². The average molecular weight is 297 g/mol. The van der Waals surface area contributed by atoms with Crippen LogP contribution in [0.1, 0.15) is 67.4 Å². The fourth-order valence-electron chi connectivity index (χ4n) is 2.44. The number of hydrogen-bond donors (Lipinski definition) is 2. The Morgan fingerprint density at radius 3 is 2.63 bits per heavy atom. The second-order valence-electron chi connectivity index (χ2n) is 5.46. The molecule has 0 atom stereocenters. The van der Waals surface area contributed by atoms with Gasteiger partial charge in [0.2, 0.25) is 0 Å². The van der Waals surface area contributed by atoms with E-state index in [4.69, 9.17) is 16.1 Å². The maximum absolute atomic E-state index is 7.65. The summed E-state index contributed by atoms with van der Waals surface area (Å²) in [5.41, 5.74) is 6.65. The molecule has 0 radical (unpaired) electrons. The van der Waals surface area contributed by atoms with Gasteiger partial charge in [-0.05, 0) is 18.8 Å². The Morgan fingerprint density at radius 1 is 1.42 bits per heavy atom. The first-order chi connectivity index (χ1) is 9.08. The van der Waals surface area contributed by atoms with Crippen LogP contribution in [0, 0.1) is 5.41 Å². The van der Waals surface area contributed by atoms with Gasteiger partial charge in [-0.15, -0.1) is 11.3 Å². The van der Waals surface area contributed by atoms with Crippen LogP contribution in [0.4, 0.5) is 0 Å². The van der Waals surface area contributed by atoms with Gasteiger partial charge < -0.3 is 5.73 Å². The quantitative estimate of drug-likeness (QED) is 0.635. The Labute approximate surface area is 123 Å². The summed E-state index contributed by atoms with van der Waals surface area (Å²) in [4.78, 5) is 5.56. The number of nitrogens with zero attached hydrogens (tertiary/aromatic N) is 1. The largest absolute Gasteiger partial charge is 0.383 e. The summed E-state index contributed by atoms with van der Waals surface area (Å²) in [6.45, 7) is 4.22. The second kappa shape index (κ2) is 6.75. The van der Waals surface area contributed by atoms with Gasteiger partial charge >= 0.3 is 0 Å². The third kappa shape index (κ3) is 3.96. The summed E-state index contributed by atoms with van der Waals surface area (Å²) in [5.74, 6) is 1.47. The first-order valence-corrected chi connectivity index (χ1v) is 8.90. The standard InChI is InChI=1S/C14H23N3S2/c1-9(2)12-13(14(15)16)19-11(17-12)8-18-10-6-4-3-5-7-10/h9-10H,3-8H2,1-2H3,(H3,15,16). The third-order valence-corrected chi connectivity index (χ3v) is 6.15. The minimum atomic E-state index is 0.162. The molecule has 1 fully saturated rings. The van der Waals surface area contributed by atoms with Crippen molar-refractivity contribution in [2.45, 2.75) is 62.9 Å². The molecule has 0 saturated heterocycles. The van der Waals surface area contributed by atoms with Gasteiger partial charge in [-0.1, -0.05) is 33.1 Å². The SMILES string of the molecule is CC(C)c1nc(CSC2CCCCC2)sc1C(=N)N. The molecule has 3 nitrogen and oxygen atoms in total. The smallest absolute Gasteiger partial charge is 0.135 e. The monoisotopic (exact) mass is 297 g/mol. The highest BCUT2D eigenvalue weighted by Crippen LogP contribution is 2.33. The van der Waals surface area contributed by atoms with Crippen molar-refractivity contribution in [1.82, 2.24) is 4.98 Å². The van der Waals surface area contributed by atoms with E-state index in [1.807, 2.05) is 11.8 Å². The lowest BCUT2D eigenvalue weighted by atomic mass is 10.0. The number of thiazole rings is 1. The molecule has 1 aliphatic rings. The van der Waals surface area contributed by atoms with Crippen molar-refractivity contribution in [3.8, 4) is 0 Å². The van der Waals surface area contributed by atoms with E-state index in [9.17, 15) is 0 Å². The van der Waals surface area contributed by atoms with Gasteiger partial charge in [-0.3, -0.25) is 5.41 Å². The fourth-order valence-corrected chi connectivity index (χ4v) is 4.87. The highest BCUT2D eigenvalue weighted by atomic mass is 32.2. The minimum absolute atomic E-state index is 0.162. The predicted octanol–water partition coefficient (Wildman–Crippen LogP) is 4.12. The van der Waals surface area contributed by atoms with Crippen molar-refractivity contribution in [1.29, 1.82) is 5.41 Å². The Kier molecular flexibility index (Phi) is 5.28. The summed E-state index contributed by atoms with van der Waals surface area (Å²) >= 11 is 3.64. The number of thioether (sulfide) groups is 1. The summed E-state index contributed by atoms with van der Waals surface area (Å²) in [7, 11) is 0. The fraction of sp³-hybridized carbons (Fsp3) is 0.714. The topological polar surface area (TPSA) is 62.8 Å². The average Bonchev–Trinajstić information content (AvgIpc) is 2.82. The van der Waals surface area contributed by atoms with E-state index in [0.717, 1.165) is 26.6 Å². The molecule has 106 valence electrons. The van der Waals surface area contributed by atoms with E-state index in [1.165, 1.54) is 32.1 Å². The van der Waals surface area contributed by atoms with E-state index in [1.54, 1.807) is 11.3 Å². The van der Waals surface area contributed by atoms with Crippen molar-refractivity contribution in [2.75, 3.05) is 0 Å². The zero-order valence-corrected chi connectivity index (χ0v) is 13.4. The van der Waals surface area contributed by atoms with Crippen LogP contribution in [0.25, 0.3) is 0 Å². The van der Waals surface area contributed by atoms with Gasteiger partial charge in [-0.2, -0.15) is 11.8 Å². The van der Waals surface area contributed by atoms with Gasteiger partial charge in [0, 0.05) is 11.0 Å². The molecule has 2 rings (SSSR count). The van der Waals surface area contributed by atoms with Crippen LogP contribution in [-0.4, -0.2) is 16.1 Å². The Balaban J connectivity index is 2.00. The number of nitrogens with two attached hydrogens (primary N) is 1. The summed E-state index contributed by atoms with van der Waals surface area (Å²) in [5, 5.41) is 9.59. The first kappa shape index (κ1) is 14.9. The normalized spacial score (nSPS) is 17.0. The van der Waals surface area contributed by atoms with Crippen LogP contribution in [-0.2, 0) is 5.75 Å². The van der Waals surface area contributed by atoms with Crippen molar-refractivity contribution in [2.24, 2.45) is 5.73 Å². The first-order valence-electron chi connectivity index (χ1n) is 7.03. The molecule has 1 aliphatic carbocycles. The summed E-state index contributed by atoms with van der Waals surface area (Å²) in [6, 6.07) is 0. The van der Waals surface area contributed by atoms with Gasteiger partial charge in [0.05, 0.1) is 10.6 Å². The van der Waals surface area contributed by atoms with Crippen LogP contribution in [0.15, 0.2) is 0 Å². The number of hydrogen-bond acceptors (Lipinski definition) is 4. The van der Waals surface area contributed by atoms with Gasteiger partial charge in [-0.25, -0.2) is 4.98 Å². The van der Waals surface area contributed by atoms with Crippen LogP contribution in [0.3, 0.4) is 0 Å². The molecule has 0 amide bonds. The van der Waals surface area contributed by atoms with Crippen LogP contribution in [0.5, 0.6) is 0 Å². The van der Waals surface area contributed by atoms with Crippen molar-refractivity contribution in [3.63, 3.8) is 0 Å². The second-order valence-corrected chi connectivity index (χ2v) is 7.83. The van der Waals surface area contributed by atoms with E-state index in [-0.39, 0.29) is 5.84 Å². The molecule has 1 aromatic rings. The molecule has 3 N–H and O–H groups in total. The highest BCUT2D eigenvalue weighted by molar-refractivity contribution is 7.99. The Hall–Kier alpha value is -0.550. The van der Waals surface area contributed by atoms with E-state index in [0.29, 0.717) is 5.92 Å². The molecule has 1 saturated carbocycles. The molecule has 1 aromatic heterocycles. The predicted molar refractivity (Wildman–Crippen MR) is 85.4 cm³/mol. The Morgan fingerprint density at radius 2 is 2.11 bits per heavy atom. The van der Waals surface area contributed by atoms with Gasteiger partial charge in [0.25, 0.3) is 0 Å². The molecule has 0 unspecified atom stereocenters. The molecule has 5 heteroatoms. The number of nitrogen functional groups attached to an aromatic ring is 1. The van der Waals surface area contributed by atoms with Crippen molar-refractivity contribution >= 4 is 28.9 Å². The third-order valence-electron chi connectivity index (χ3n) is 3.48. The van der Waals surface area contributed by atoms with Crippen LogP contribution >= 0.6 is 23.1 Å². The Bertz CT molecular complexity index is 434. The van der Waals surface area contributed by atoms with Crippen molar-refractivity contribution < 1.29 is 0 Å².